The van der Waals surface area contributed by atoms with E-state index in [1.807, 2.05) is 0 Å². The van der Waals surface area contributed by atoms with Gasteiger partial charge in [0, 0.05) is 29.9 Å². The first kappa shape index (κ1) is 18.7. The molecule has 3 amide bonds. The van der Waals surface area contributed by atoms with Gasteiger partial charge in [-0.05, 0) is 36.1 Å². The molecule has 0 radical (unpaired) electrons. The lowest BCUT2D eigenvalue weighted by molar-refractivity contribution is -0.143. The zero-order chi connectivity index (χ0) is 26.3. The molecule has 1 N–H and O–H groups in total. The topological polar surface area (TPSA) is 88.2 Å². The van der Waals surface area contributed by atoms with Crippen molar-refractivity contribution in [1.29, 1.82) is 0 Å². The molecule has 2 atom stereocenters. The van der Waals surface area contributed by atoms with E-state index in [-0.39, 0.29) is 56.1 Å². The number of allylic oxidation sites excluding steroid dienone is 1. The van der Waals surface area contributed by atoms with E-state index in [2.05, 4.69) is 11.9 Å². The average Bonchev–Trinajstić information content (AvgIpc) is 3.20. The van der Waals surface area contributed by atoms with Crippen LogP contribution < -0.4 is 10.1 Å². The third kappa shape index (κ3) is 4.41. The number of fused-ring (bicyclic) bond motifs is 1. The van der Waals surface area contributed by atoms with E-state index >= 15 is 0 Å². The van der Waals surface area contributed by atoms with Crippen LogP contribution in [-0.2, 0) is 34.0 Å². The van der Waals surface area contributed by atoms with Crippen LogP contribution in [0.1, 0.15) is 44.0 Å². The molecule has 5 rings (SSSR count). The molecule has 2 aromatic carbocycles. The molecule has 0 saturated carbocycles. The number of ether oxygens (including phenoxy) is 2. The first-order valence-electron chi connectivity index (χ1n) is 12.8. The van der Waals surface area contributed by atoms with Crippen molar-refractivity contribution in [2.24, 2.45) is 0 Å². The molecule has 0 aromatic heterocycles. The monoisotopic (exact) mass is 464 g/mol. The van der Waals surface area contributed by atoms with Crippen LogP contribution in [0.3, 0.4) is 0 Å². The van der Waals surface area contributed by atoms with Crippen molar-refractivity contribution in [2.75, 3.05) is 19.8 Å². The molecule has 2 fully saturated rings. The van der Waals surface area contributed by atoms with Crippen molar-refractivity contribution in [3.8, 4) is 5.75 Å². The van der Waals surface area contributed by atoms with Gasteiger partial charge < -0.3 is 24.6 Å². The van der Waals surface area contributed by atoms with Gasteiger partial charge in [0.05, 0.1) is 17.3 Å². The minimum absolute atomic E-state index is 0.0323. The zero-order valence-electron chi connectivity index (χ0n) is 21.6. The summed E-state index contributed by atoms with van der Waals surface area (Å²) in [6.07, 6.45) is 1.11. The van der Waals surface area contributed by atoms with Crippen LogP contribution in [-0.4, -0.2) is 53.3 Å². The number of nitrogens with zero attached hydrogens (tertiary/aromatic N) is 2. The number of piperidine rings is 1. The standard InChI is InChI=1S/C26H27N3O5/c1-17-5-10-22(25(31)27-17)29-14-21-20(26(29)32)3-2-4-23(21)34-15-19-8-6-18(7-9-19)13-28-11-12-33-16-24(28)30/h2-4,6-9,22H,1,5,10-16H2,(H,27,31)/i8D,9D,13D. The van der Waals surface area contributed by atoms with E-state index in [0.717, 1.165) is 0 Å². The Balaban J connectivity index is 1.32. The molecule has 176 valence electrons. The second kappa shape index (κ2) is 9.30. The molecule has 2 saturated heterocycles. The molecular formula is C26H27N3O5. The number of benzene rings is 2. The van der Waals surface area contributed by atoms with Crippen molar-refractivity contribution in [3.63, 3.8) is 0 Å². The molecule has 2 aromatic rings. The quantitative estimate of drug-likeness (QED) is 0.709. The first-order chi connectivity index (χ1) is 17.7. The van der Waals surface area contributed by atoms with Crippen molar-refractivity contribution < 1.29 is 28.0 Å². The third-order valence-electron chi connectivity index (χ3n) is 6.18. The number of carbonyl (C=O) groups is 3. The van der Waals surface area contributed by atoms with Gasteiger partial charge in [-0.2, -0.15) is 0 Å². The van der Waals surface area contributed by atoms with E-state index in [4.69, 9.17) is 13.6 Å². The van der Waals surface area contributed by atoms with Gasteiger partial charge in [0.25, 0.3) is 5.91 Å². The van der Waals surface area contributed by atoms with Gasteiger partial charge in [-0.1, -0.05) is 36.9 Å². The Morgan fingerprint density at radius 3 is 2.79 bits per heavy atom. The summed E-state index contributed by atoms with van der Waals surface area (Å²) >= 11 is 0. The fourth-order valence-corrected chi connectivity index (χ4v) is 4.35. The first-order valence-corrected chi connectivity index (χ1v) is 11.2. The van der Waals surface area contributed by atoms with Gasteiger partial charge in [-0.3, -0.25) is 14.4 Å². The van der Waals surface area contributed by atoms with Crippen LogP contribution >= 0.6 is 0 Å². The van der Waals surface area contributed by atoms with Gasteiger partial charge in [-0.15, -0.1) is 0 Å². The van der Waals surface area contributed by atoms with E-state index in [9.17, 15) is 14.4 Å². The highest BCUT2D eigenvalue weighted by molar-refractivity contribution is 6.02. The molecule has 0 aliphatic carbocycles. The molecule has 0 spiro atoms. The fraction of sp³-hybridized carbons (Fsp3) is 0.346. The third-order valence-corrected chi connectivity index (χ3v) is 6.18. The van der Waals surface area contributed by atoms with Gasteiger partial charge in [0.1, 0.15) is 25.0 Å². The summed E-state index contributed by atoms with van der Waals surface area (Å²) in [6, 6.07) is 7.57. The highest BCUT2D eigenvalue weighted by atomic mass is 16.5. The molecule has 8 nitrogen and oxygen atoms in total. The molecule has 34 heavy (non-hydrogen) atoms. The second-order valence-electron chi connectivity index (χ2n) is 8.48. The average molecular weight is 465 g/mol. The number of amides is 3. The fourth-order valence-electron chi connectivity index (χ4n) is 4.35. The minimum Gasteiger partial charge on any atom is -0.489 e. The largest absolute Gasteiger partial charge is 0.489 e. The van der Waals surface area contributed by atoms with E-state index in [0.29, 0.717) is 53.1 Å². The van der Waals surface area contributed by atoms with Crippen molar-refractivity contribution in [2.45, 2.75) is 38.6 Å². The van der Waals surface area contributed by atoms with Crippen molar-refractivity contribution >= 4 is 17.7 Å². The van der Waals surface area contributed by atoms with Crippen LogP contribution in [0.5, 0.6) is 5.75 Å². The van der Waals surface area contributed by atoms with Gasteiger partial charge in [-0.25, -0.2) is 0 Å². The van der Waals surface area contributed by atoms with Crippen molar-refractivity contribution in [1.82, 2.24) is 15.1 Å². The number of hydrogen-bond acceptors (Lipinski definition) is 5. The maximum atomic E-state index is 13.1. The van der Waals surface area contributed by atoms with E-state index < -0.39 is 12.6 Å². The maximum Gasteiger partial charge on any atom is 0.255 e. The Hall–Kier alpha value is -3.65. The van der Waals surface area contributed by atoms with E-state index in [1.54, 1.807) is 23.1 Å². The van der Waals surface area contributed by atoms with Gasteiger partial charge in [0.15, 0.2) is 0 Å². The summed E-state index contributed by atoms with van der Waals surface area (Å²) in [6.45, 7) is 3.46. The molecule has 3 aliphatic rings. The lowest BCUT2D eigenvalue weighted by Gasteiger charge is -2.31. The summed E-state index contributed by atoms with van der Waals surface area (Å²) in [5.74, 6) is -0.328. The Bertz CT molecular complexity index is 1280. The minimum atomic E-state index is -1.02. The van der Waals surface area contributed by atoms with Crippen LogP contribution in [0.2, 0.25) is 0 Å². The molecule has 3 heterocycles. The lowest BCUT2D eigenvalue weighted by Crippen LogP contribution is -2.49. The van der Waals surface area contributed by atoms with Crippen LogP contribution in [0.15, 0.2) is 54.7 Å². The van der Waals surface area contributed by atoms with Gasteiger partial charge >= 0.3 is 0 Å². The summed E-state index contributed by atoms with van der Waals surface area (Å²) in [7, 11) is 0. The van der Waals surface area contributed by atoms with Crippen LogP contribution in [0, 0.1) is 0 Å². The van der Waals surface area contributed by atoms with Crippen LogP contribution in [0.25, 0.3) is 0 Å². The predicted octanol–water partition coefficient (Wildman–Crippen LogP) is 2.37. The summed E-state index contributed by atoms with van der Waals surface area (Å²) in [5.41, 5.74) is 2.48. The highest BCUT2D eigenvalue weighted by Gasteiger charge is 2.39. The molecule has 0 bridgehead atoms. The molecular weight excluding hydrogens is 434 g/mol. The predicted molar refractivity (Wildman–Crippen MR) is 124 cm³/mol. The summed E-state index contributed by atoms with van der Waals surface area (Å²) in [4.78, 5) is 40.5. The Morgan fingerprint density at radius 1 is 1.21 bits per heavy atom. The Labute approximate surface area is 202 Å². The highest BCUT2D eigenvalue weighted by Crippen LogP contribution is 2.34. The zero-order valence-corrected chi connectivity index (χ0v) is 18.6. The SMILES string of the molecule is [2H]c1cc(C([2H])N2CCOCC2=O)cc([2H])c1COc1cccc2c1CN(C1CCC(=C)NC1=O)C2=O. The number of rotatable bonds is 6. The number of carbonyl (C=O) groups excluding carboxylic acids is 3. The smallest absolute Gasteiger partial charge is 0.255 e. The summed E-state index contributed by atoms with van der Waals surface area (Å²) in [5, 5.41) is 2.72. The van der Waals surface area contributed by atoms with Crippen LogP contribution in [0.4, 0.5) is 0 Å². The Morgan fingerprint density at radius 2 is 2.03 bits per heavy atom. The molecule has 8 heteroatoms. The van der Waals surface area contributed by atoms with Crippen molar-refractivity contribution in [3.05, 3.63) is 76.9 Å². The lowest BCUT2D eigenvalue weighted by atomic mass is 10.0. The Kier molecular flexibility index (Phi) is 5.13. The summed E-state index contributed by atoms with van der Waals surface area (Å²) < 4.78 is 36.4. The maximum absolute atomic E-state index is 13.1. The van der Waals surface area contributed by atoms with E-state index in [1.165, 1.54) is 17.0 Å². The van der Waals surface area contributed by atoms with Gasteiger partial charge in [0.2, 0.25) is 11.8 Å². The second-order valence-corrected chi connectivity index (χ2v) is 8.48. The number of hydrogen-bond donors (Lipinski definition) is 1. The molecule has 2 unspecified atom stereocenters. The molecule has 3 aliphatic heterocycles. The number of nitrogens with one attached hydrogen (secondary N) is 1. The normalized spacial score (nSPS) is 22.6. The number of morpholine rings is 1.